The van der Waals surface area contributed by atoms with Gasteiger partial charge in [-0.1, -0.05) is 0 Å². The minimum atomic E-state index is 0.926. The van der Waals surface area contributed by atoms with E-state index in [1.54, 1.807) is 4.90 Å². The van der Waals surface area contributed by atoms with E-state index in [1.807, 2.05) is 0 Å². The van der Waals surface area contributed by atoms with Gasteiger partial charge in [-0.3, -0.25) is 0 Å². The third kappa shape index (κ3) is 1.20. The molecule has 1 rings (SSSR count). The Morgan fingerprint density at radius 3 is 2.50 bits per heavy atom. The van der Waals surface area contributed by atoms with Gasteiger partial charge in [-0.05, 0) is 0 Å². The van der Waals surface area contributed by atoms with Gasteiger partial charge in [-0.2, -0.15) is 0 Å². The lowest BCUT2D eigenvalue weighted by Gasteiger charge is -2.11. The molecule has 0 aromatic heterocycles. The molecule has 0 spiro atoms. The molecule has 48 valence electrons. The van der Waals surface area contributed by atoms with Crippen LogP contribution in [0.25, 0.3) is 0 Å². The summed E-state index contributed by atoms with van der Waals surface area (Å²) in [7, 11) is 4.48. The van der Waals surface area contributed by atoms with Crippen LogP contribution < -0.4 is 10.2 Å². The Bertz CT molecular complexity index is 64.9. The van der Waals surface area contributed by atoms with Crippen LogP contribution in [0.2, 0.25) is 0 Å². The lowest BCUT2D eigenvalue weighted by atomic mass is 10.2. The number of hydrogen-bond donors (Lipinski definition) is 2. The highest BCUT2D eigenvalue weighted by Gasteiger charge is 2.22. The average Bonchev–Trinajstić information content (AvgIpc) is 2.12. The van der Waals surface area contributed by atoms with Gasteiger partial charge < -0.3 is 10.2 Å². The summed E-state index contributed by atoms with van der Waals surface area (Å²) in [5.74, 6) is 0. The van der Waals surface area contributed by atoms with E-state index in [1.165, 1.54) is 19.5 Å². The summed E-state index contributed by atoms with van der Waals surface area (Å²) >= 11 is 0. The molecule has 1 saturated heterocycles. The Balaban J connectivity index is 2.24. The third-order valence-electron chi connectivity index (χ3n) is 1.99. The van der Waals surface area contributed by atoms with Crippen molar-refractivity contribution in [3.8, 4) is 0 Å². The fourth-order valence-electron chi connectivity index (χ4n) is 1.28. The van der Waals surface area contributed by atoms with Crippen molar-refractivity contribution in [1.29, 1.82) is 0 Å². The maximum atomic E-state index is 2.40. The van der Waals surface area contributed by atoms with E-state index < -0.39 is 0 Å². The molecular weight excluding hydrogens is 100 g/mol. The maximum Gasteiger partial charge on any atom is 0.142 e. The van der Waals surface area contributed by atoms with Gasteiger partial charge in [0.15, 0.2) is 0 Å². The van der Waals surface area contributed by atoms with Crippen LogP contribution in [0.4, 0.5) is 0 Å². The quantitative estimate of drug-likeness (QED) is 0.377. The summed E-state index contributed by atoms with van der Waals surface area (Å²) in [6, 6.07) is 0.926. The highest BCUT2D eigenvalue weighted by Crippen LogP contribution is 1.82. The molecule has 1 atom stereocenters. The van der Waals surface area contributed by atoms with Gasteiger partial charge in [0.1, 0.15) is 12.6 Å². The van der Waals surface area contributed by atoms with Gasteiger partial charge in [0.2, 0.25) is 0 Å². The second-order valence-electron chi connectivity index (χ2n) is 2.88. The Kier molecular flexibility index (Phi) is 1.86. The Hall–Kier alpha value is -0.0800. The molecule has 0 radical (unpaired) electrons. The SMILES string of the molecule is C[NH+](C)[C@@H]1CC[NH2+]C1. The summed E-state index contributed by atoms with van der Waals surface area (Å²) in [4.78, 5) is 1.61. The second-order valence-corrected chi connectivity index (χ2v) is 2.88. The number of likely N-dealkylation sites (N-methyl/N-ethyl adjacent to an activating group) is 1. The van der Waals surface area contributed by atoms with E-state index in [4.69, 9.17) is 0 Å². The molecule has 1 fully saturated rings. The van der Waals surface area contributed by atoms with Crippen molar-refractivity contribution < 1.29 is 10.2 Å². The van der Waals surface area contributed by atoms with E-state index >= 15 is 0 Å². The van der Waals surface area contributed by atoms with Gasteiger partial charge in [-0.15, -0.1) is 0 Å². The van der Waals surface area contributed by atoms with Crippen LogP contribution in [0.3, 0.4) is 0 Å². The molecule has 2 heteroatoms. The van der Waals surface area contributed by atoms with Crippen LogP contribution in [-0.2, 0) is 0 Å². The van der Waals surface area contributed by atoms with Crippen LogP contribution in [0.1, 0.15) is 6.42 Å². The molecule has 3 N–H and O–H groups in total. The van der Waals surface area contributed by atoms with Gasteiger partial charge >= 0.3 is 0 Å². The van der Waals surface area contributed by atoms with E-state index in [2.05, 4.69) is 19.4 Å². The average molecular weight is 116 g/mol. The van der Waals surface area contributed by atoms with Crippen molar-refractivity contribution in [2.75, 3.05) is 27.2 Å². The molecule has 0 unspecified atom stereocenters. The zero-order valence-electron chi connectivity index (χ0n) is 5.78. The smallest absolute Gasteiger partial charge is 0.142 e. The lowest BCUT2D eigenvalue weighted by molar-refractivity contribution is -0.891. The Labute approximate surface area is 50.9 Å². The molecule has 8 heavy (non-hydrogen) atoms. The van der Waals surface area contributed by atoms with E-state index in [-0.39, 0.29) is 0 Å². The summed E-state index contributed by atoms with van der Waals surface area (Å²) < 4.78 is 0. The molecule has 0 amide bonds. The highest BCUT2D eigenvalue weighted by atomic mass is 15.1. The highest BCUT2D eigenvalue weighted by molar-refractivity contribution is 4.54. The Morgan fingerprint density at radius 2 is 2.25 bits per heavy atom. The van der Waals surface area contributed by atoms with Crippen molar-refractivity contribution in [3.05, 3.63) is 0 Å². The zero-order chi connectivity index (χ0) is 5.98. The fourth-order valence-corrected chi connectivity index (χ4v) is 1.28. The van der Waals surface area contributed by atoms with Gasteiger partial charge in [0.25, 0.3) is 0 Å². The molecule has 1 aliphatic heterocycles. The first-order chi connectivity index (χ1) is 3.80. The number of nitrogens with one attached hydrogen (secondary N) is 1. The molecule has 2 nitrogen and oxygen atoms in total. The molecule has 1 heterocycles. The number of rotatable bonds is 1. The third-order valence-corrected chi connectivity index (χ3v) is 1.99. The van der Waals surface area contributed by atoms with Crippen LogP contribution in [-0.4, -0.2) is 33.2 Å². The molecule has 1 aliphatic rings. The molecule has 0 aromatic carbocycles. The number of nitrogens with two attached hydrogens (primary N) is 1. The van der Waals surface area contributed by atoms with Crippen LogP contribution in [0.15, 0.2) is 0 Å². The lowest BCUT2D eigenvalue weighted by Crippen LogP contribution is -3.11. The predicted octanol–water partition coefficient (Wildman–Crippen LogP) is -2.53. The van der Waals surface area contributed by atoms with Crippen molar-refractivity contribution >= 4 is 0 Å². The standard InChI is InChI=1S/C6H14N2/c1-8(2)6-3-4-7-5-6/h6-7H,3-5H2,1-2H3/p+2/t6-/m1/s1. The largest absolute Gasteiger partial charge is 0.341 e. The van der Waals surface area contributed by atoms with Gasteiger partial charge in [0, 0.05) is 0 Å². The first-order valence-corrected chi connectivity index (χ1v) is 3.42. The molecular formula is C6H16N2+2. The minimum absolute atomic E-state index is 0.926. The van der Waals surface area contributed by atoms with Crippen molar-refractivity contribution in [2.45, 2.75) is 12.5 Å². The molecule has 0 aliphatic carbocycles. The van der Waals surface area contributed by atoms with Gasteiger partial charge in [0.05, 0.1) is 27.1 Å². The summed E-state index contributed by atoms with van der Waals surface area (Å²) in [5.41, 5.74) is 0. The topological polar surface area (TPSA) is 21.1 Å². The Morgan fingerprint density at radius 1 is 1.50 bits per heavy atom. The van der Waals surface area contributed by atoms with Gasteiger partial charge in [-0.25, -0.2) is 0 Å². The number of hydrogen-bond acceptors (Lipinski definition) is 0. The molecule has 0 bridgehead atoms. The first-order valence-electron chi connectivity index (χ1n) is 3.42. The fraction of sp³-hybridized carbons (Fsp3) is 1.00. The predicted molar refractivity (Wildman–Crippen MR) is 32.9 cm³/mol. The maximum absolute atomic E-state index is 2.40. The molecule has 0 saturated carbocycles. The van der Waals surface area contributed by atoms with E-state index in [9.17, 15) is 0 Å². The van der Waals surface area contributed by atoms with Crippen LogP contribution in [0, 0.1) is 0 Å². The van der Waals surface area contributed by atoms with E-state index in [0.717, 1.165) is 6.04 Å². The number of quaternary nitrogens is 2. The van der Waals surface area contributed by atoms with E-state index in [0.29, 0.717) is 0 Å². The van der Waals surface area contributed by atoms with Crippen molar-refractivity contribution in [3.63, 3.8) is 0 Å². The normalized spacial score (nSPS) is 29.6. The summed E-state index contributed by atoms with van der Waals surface area (Å²) in [6.07, 6.45) is 1.41. The monoisotopic (exact) mass is 116 g/mol. The second kappa shape index (κ2) is 2.46. The van der Waals surface area contributed by atoms with Crippen molar-refractivity contribution in [2.24, 2.45) is 0 Å². The van der Waals surface area contributed by atoms with Crippen molar-refractivity contribution in [1.82, 2.24) is 0 Å². The summed E-state index contributed by atoms with van der Waals surface area (Å²) in [6.45, 7) is 2.68. The van der Waals surface area contributed by atoms with Crippen LogP contribution in [0.5, 0.6) is 0 Å². The first kappa shape index (κ1) is 6.05. The zero-order valence-corrected chi connectivity index (χ0v) is 5.78. The van der Waals surface area contributed by atoms with Crippen LogP contribution >= 0.6 is 0 Å². The molecule has 0 aromatic rings. The minimum Gasteiger partial charge on any atom is -0.341 e. The summed E-state index contributed by atoms with van der Waals surface area (Å²) in [5, 5.41) is 2.40.